The zero-order chi connectivity index (χ0) is 11.6. The van der Waals surface area contributed by atoms with Crippen LogP contribution < -0.4 is 0 Å². The highest BCUT2D eigenvalue weighted by atomic mass is 19.2. The molecule has 1 aromatic carbocycles. The molecule has 6 heteroatoms. The molecule has 0 spiro atoms. The number of benzene rings is 1. The Kier molecular flexibility index (Phi) is 3.41. The molecule has 0 fully saturated rings. The topological polar surface area (TPSA) is 19.9 Å². The van der Waals surface area contributed by atoms with E-state index >= 15 is 0 Å². The summed E-state index contributed by atoms with van der Waals surface area (Å²) in [6, 6.07) is 0. The minimum Gasteiger partial charge on any atom is -0.232 e. The van der Waals surface area contributed by atoms with E-state index in [4.69, 9.17) is 0 Å². The van der Waals surface area contributed by atoms with Gasteiger partial charge in [-0.25, -0.2) is 27.1 Å². The molecule has 0 aromatic heterocycles. The summed E-state index contributed by atoms with van der Waals surface area (Å²) in [5.74, 6) is -10.2. The summed E-state index contributed by atoms with van der Waals surface area (Å²) in [7, 11) is 0. The van der Waals surface area contributed by atoms with Crippen LogP contribution in [-0.2, 0) is 5.11 Å². The molecular formula is C9H4F5O. The van der Waals surface area contributed by atoms with E-state index < -0.39 is 41.3 Å². The fourth-order valence-electron chi connectivity index (χ4n) is 0.934. The molecular weight excluding hydrogens is 219 g/mol. The third-order valence-corrected chi connectivity index (χ3v) is 1.62. The van der Waals surface area contributed by atoms with Gasteiger partial charge < -0.3 is 0 Å². The third-order valence-electron chi connectivity index (χ3n) is 1.62. The smallest absolute Gasteiger partial charge is 0.200 e. The van der Waals surface area contributed by atoms with Crippen LogP contribution in [0, 0.1) is 29.1 Å². The van der Waals surface area contributed by atoms with Gasteiger partial charge in [-0.3, -0.25) is 0 Å². The molecule has 0 saturated carbocycles. The van der Waals surface area contributed by atoms with Crippen molar-refractivity contribution < 1.29 is 27.1 Å². The quantitative estimate of drug-likeness (QED) is 0.417. The fourth-order valence-corrected chi connectivity index (χ4v) is 0.934. The van der Waals surface area contributed by atoms with Crippen molar-refractivity contribution in [3.05, 3.63) is 40.7 Å². The van der Waals surface area contributed by atoms with Gasteiger partial charge in [-0.1, -0.05) is 12.2 Å². The van der Waals surface area contributed by atoms with E-state index in [9.17, 15) is 27.1 Å². The van der Waals surface area contributed by atoms with E-state index in [2.05, 4.69) is 0 Å². The van der Waals surface area contributed by atoms with Gasteiger partial charge in [0.25, 0.3) is 0 Å². The zero-order valence-corrected chi connectivity index (χ0v) is 7.16. The van der Waals surface area contributed by atoms with Crippen molar-refractivity contribution in [2.24, 2.45) is 0 Å². The summed E-state index contributed by atoms with van der Waals surface area (Å²) in [6.07, 6.45) is 1.31. The van der Waals surface area contributed by atoms with Gasteiger partial charge in [0.15, 0.2) is 23.3 Å². The number of rotatable bonds is 2. The van der Waals surface area contributed by atoms with Crippen LogP contribution >= 0.6 is 0 Å². The van der Waals surface area contributed by atoms with Gasteiger partial charge in [0.1, 0.15) is 6.61 Å². The Morgan fingerprint density at radius 3 is 1.60 bits per heavy atom. The maximum absolute atomic E-state index is 12.9. The first-order valence-corrected chi connectivity index (χ1v) is 3.76. The number of hydrogen-bond acceptors (Lipinski definition) is 0. The maximum Gasteiger partial charge on any atom is 0.200 e. The average molecular weight is 223 g/mol. The van der Waals surface area contributed by atoms with E-state index in [1.165, 1.54) is 0 Å². The highest BCUT2D eigenvalue weighted by molar-refractivity contribution is 5.51. The summed E-state index contributed by atoms with van der Waals surface area (Å²) in [5, 5.41) is 9.97. The highest BCUT2D eigenvalue weighted by Gasteiger charge is 2.23. The third kappa shape index (κ3) is 1.99. The Hall–Kier alpha value is -1.43. The second kappa shape index (κ2) is 4.39. The van der Waals surface area contributed by atoms with Crippen molar-refractivity contribution in [1.82, 2.24) is 0 Å². The average Bonchev–Trinajstić information content (AvgIpc) is 2.24. The minimum absolute atomic E-state index is 0.559. The summed E-state index contributed by atoms with van der Waals surface area (Å²) in [6.45, 7) is -0.820. The van der Waals surface area contributed by atoms with Gasteiger partial charge in [0, 0.05) is 0 Å². The Bertz CT molecular complexity index is 384. The molecule has 0 heterocycles. The van der Waals surface area contributed by atoms with Crippen LogP contribution in [0.1, 0.15) is 5.56 Å². The van der Waals surface area contributed by atoms with E-state index in [1.54, 1.807) is 0 Å². The molecule has 0 saturated heterocycles. The monoisotopic (exact) mass is 223 g/mol. The first kappa shape index (κ1) is 11.6. The highest BCUT2D eigenvalue weighted by Crippen LogP contribution is 2.23. The maximum atomic E-state index is 12.9. The predicted octanol–water partition coefficient (Wildman–Crippen LogP) is 2.83. The molecule has 0 amide bonds. The molecule has 0 N–H and O–H groups in total. The SMILES string of the molecule is [O]CC=Cc1c(F)c(F)c(F)c(F)c1F. The molecule has 1 aromatic rings. The fraction of sp³-hybridized carbons (Fsp3) is 0.111. The van der Waals surface area contributed by atoms with E-state index in [-0.39, 0.29) is 0 Å². The first-order valence-electron chi connectivity index (χ1n) is 3.76. The van der Waals surface area contributed by atoms with E-state index in [0.717, 1.165) is 6.08 Å². The summed E-state index contributed by atoms with van der Waals surface area (Å²) >= 11 is 0. The van der Waals surface area contributed by atoms with Crippen LogP contribution in [0.5, 0.6) is 0 Å². The van der Waals surface area contributed by atoms with Crippen molar-refractivity contribution in [2.75, 3.05) is 6.61 Å². The first-order chi connectivity index (χ1) is 7.00. The molecule has 1 nitrogen and oxygen atoms in total. The number of halogens is 5. The van der Waals surface area contributed by atoms with Crippen molar-refractivity contribution in [1.29, 1.82) is 0 Å². The minimum atomic E-state index is -2.22. The van der Waals surface area contributed by atoms with Gasteiger partial charge in [0.05, 0.1) is 5.56 Å². The number of hydrogen-bond donors (Lipinski definition) is 0. The molecule has 0 aliphatic carbocycles. The normalized spacial score (nSPS) is 11.3. The Labute approximate surface area is 81.5 Å². The van der Waals surface area contributed by atoms with Gasteiger partial charge in [0.2, 0.25) is 5.82 Å². The van der Waals surface area contributed by atoms with Crippen molar-refractivity contribution in [3.8, 4) is 0 Å². The molecule has 0 atom stereocenters. The van der Waals surface area contributed by atoms with Crippen LogP contribution in [0.2, 0.25) is 0 Å². The van der Waals surface area contributed by atoms with Crippen molar-refractivity contribution in [3.63, 3.8) is 0 Å². The molecule has 0 unspecified atom stereocenters. The molecule has 0 bridgehead atoms. The molecule has 1 radical (unpaired) electrons. The van der Waals surface area contributed by atoms with Gasteiger partial charge in [-0.15, -0.1) is 0 Å². The molecule has 1 rings (SSSR count). The second-order valence-corrected chi connectivity index (χ2v) is 2.55. The Morgan fingerprint density at radius 2 is 1.20 bits per heavy atom. The lowest BCUT2D eigenvalue weighted by atomic mass is 10.1. The summed E-state index contributed by atoms with van der Waals surface area (Å²) < 4.78 is 63.3. The van der Waals surface area contributed by atoms with Crippen LogP contribution in [0.3, 0.4) is 0 Å². The summed E-state index contributed by atoms with van der Waals surface area (Å²) in [5.41, 5.74) is -1.11. The van der Waals surface area contributed by atoms with Crippen LogP contribution in [0.15, 0.2) is 6.08 Å². The van der Waals surface area contributed by atoms with Crippen LogP contribution in [0.4, 0.5) is 22.0 Å². The predicted molar refractivity (Wildman–Crippen MR) is 40.8 cm³/mol. The molecule has 81 valence electrons. The van der Waals surface area contributed by atoms with Crippen molar-refractivity contribution in [2.45, 2.75) is 0 Å². The van der Waals surface area contributed by atoms with E-state index in [0.29, 0.717) is 6.08 Å². The standard InChI is InChI=1S/C9H4F5O/c10-5-4(2-1-3-15)6(11)8(13)9(14)7(5)12/h1-2H,3H2. The second-order valence-electron chi connectivity index (χ2n) is 2.55. The Balaban J connectivity index is 3.45. The van der Waals surface area contributed by atoms with Gasteiger partial charge in [-0.05, 0) is 0 Å². The van der Waals surface area contributed by atoms with E-state index in [1.807, 2.05) is 0 Å². The van der Waals surface area contributed by atoms with Gasteiger partial charge in [-0.2, -0.15) is 0 Å². The lowest BCUT2D eigenvalue weighted by molar-refractivity contribution is 0.233. The molecule has 0 aliphatic heterocycles. The lowest BCUT2D eigenvalue weighted by Crippen LogP contribution is -2.03. The molecule has 15 heavy (non-hydrogen) atoms. The van der Waals surface area contributed by atoms with Crippen molar-refractivity contribution >= 4 is 6.08 Å². The largest absolute Gasteiger partial charge is 0.232 e. The van der Waals surface area contributed by atoms with Crippen LogP contribution in [-0.4, -0.2) is 6.61 Å². The summed E-state index contributed by atoms with van der Waals surface area (Å²) in [4.78, 5) is 0. The lowest BCUT2D eigenvalue weighted by Gasteiger charge is -2.03. The van der Waals surface area contributed by atoms with Crippen LogP contribution in [0.25, 0.3) is 6.08 Å². The Morgan fingerprint density at radius 1 is 0.800 bits per heavy atom. The van der Waals surface area contributed by atoms with Gasteiger partial charge >= 0.3 is 0 Å². The zero-order valence-electron chi connectivity index (χ0n) is 7.16. The molecule has 0 aliphatic rings.